The van der Waals surface area contributed by atoms with Crippen LogP contribution in [0.15, 0.2) is 36.5 Å². The van der Waals surface area contributed by atoms with Crippen LogP contribution in [0.5, 0.6) is 0 Å². The molecule has 0 spiro atoms. The minimum atomic E-state index is -3.38. The van der Waals surface area contributed by atoms with E-state index in [1.54, 1.807) is 23.1 Å². The first-order valence-corrected chi connectivity index (χ1v) is 9.67. The van der Waals surface area contributed by atoms with Crippen LogP contribution in [0.4, 0.5) is 10.1 Å². The molecule has 0 saturated heterocycles. The van der Waals surface area contributed by atoms with Crippen molar-refractivity contribution in [2.45, 2.75) is 19.4 Å². The molecule has 1 aromatic carbocycles. The lowest BCUT2D eigenvalue weighted by molar-refractivity contribution is -0.131. The highest BCUT2D eigenvalue weighted by Crippen LogP contribution is 2.21. The van der Waals surface area contributed by atoms with Gasteiger partial charge in [-0.05, 0) is 29.3 Å². The Bertz CT molecular complexity index is 898. The Kier molecular flexibility index (Phi) is 4.71. The maximum atomic E-state index is 12.9. The van der Waals surface area contributed by atoms with Crippen molar-refractivity contribution in [3.05, 3.63) is 59.2 Å². The monoisotopic (exact) mass is 363 g/mol. The number of amides is 1. The summed E-state index contributed by atoms with van der Waals surface area (Å²) in [5.74, 6) is -0.390. The molecule has 0 saturated carbocycles. The first-order valence-electron chi connectivity index (χ1n) is 7.78. The molecule has 0 fully saturated rings. The van der Waals surface area contributed by atoms with E-state index in [4.69, 9.17) is 0 Å². The van der Waals surface area contributed by atoms with Crippen LogP contribution in [-0.4, -0.2) is 37.0 Å². The molecule has 3 rings (SSSR count). The highest BCUT2D eigenvalue weighted by Gasteiger charge is 2.22. The summed E-state index contributed by atoms with van der Waals surface area (Å²) in [6.45, 7) is 0.931. The lowest BCUT2D eigenvalue weighted by Gasteiger charge is -2.28. The topological polar surface area (TPSA) is 79.4 Å². The number of benzene rings is 1. The van der Waals surface area contributed by atoms with Gasteiger partial charge in [0.2, 0.25) is 15.9 Å². The van der Waals surface area contributed by atoms with E-state index in [-0.39, 0.29) is 18.1 Å². The molecular weight excluding hydrogens is 345 g/mol. The van der Waals surface area contributed by atoms with Crippen LogP contribution in [0, 0.1) is 5.82 Å². The van der Waals surface area contributed by atoms with Gasteiger partial charge in [0.25, 0.3) is 0 Å². The molecule has 25 heavy (non-hydrogen) atoms. The minimum absolute atomic E-state index is 0.0567. The van der Waals surface area contributed by atoms with Crippen LogP contribution in [0.1, 0.15) is 16.8 Å². The summed E-state index contributed by atoms with van der Waals surface area (Å²) in [4.78, 5) is 18.5. The fraction of sp³-hybridized carbons (Fsp3) is 0.294. The van der Waals surface area contributed by atoms with Crippen molar-refractivity contribution < 1.29 is 17.6 Å². The van der Waals surface area contributed by atoms with Crippen LogP contribution >= 0.6 is 0 Å². The Morgan fingerprint density at radius 1 is 1.32 bits per heavy atom. The van der Waals surface area contributed by atoms with Gasteiger partial charge in [-0.2, -0.15) is 0 Å². The number of halogens is 1. The normalized spacial score (nSPS) is 14.1. The van der Waals surface area contributed by atoms with Crippen molar-refractivity contribution in [2.75, 3.05) is 17.5 Å². The summed E-state index contributed by atoms with van der Waals surface area (Å²) in [7, 11) is -3.38. The molecule has 6 nitrogen and oxygen atoms in total. The van der Waals surface area contributed by atoms with Crippen molar-refractivity contribution >= 4 is 21.6 Å². The van der Waals surface area contributed by atoms with Gasteiger partial charge in [-0.25, -0.2) is 12.8 Å². The van der Waals surface area contributed by atoms with E-state index < -0.39 is 10.0 Å². The lowest BCUT2D eigenvalue weighted by atomic mass is 10.0. The van der Waals surface area contributed by atoms with Crippen molar-refractivity contribution in [1.82, 2.24) is 9.88 Å². The summed E-state index contributed by atoms with van der Waals surface area (Å²) < 4.78 is 38.0. The number of aromatic nitrogens is 1. The van der Waals surface area contributed by atoms with Crippen molar-refractivity contribution in [3.63, 3.8) is 0 Å². The van der Waals surface area contributed by atoms with E-state index in [1.165, 1.54) is 18.3 Å². The minimum Gasteiger partial charge on any atom is -0.338 e. The number of pyridine rings is 1. The molecule has 1 aromatic heterocycles. The number of nitrogens with one attached hydrogen (secondary N) is 1. The van der Waals surface area contributed by atoms with Crippen LogP contribution in [0.2, 0.25) is 0 Å². The number of rotatable bonds is 4. The van der Waals surface area contributed by atoms with E-state index >= 15 is 0 Å². The Balaban J connectivity index is 1.72. The first-order chi connectivity index (χ1) is 11.8. The van der Waals surface area contributed by atoms with Crippen LogP contribution in [-0.2, 0) is 34.2 Å². The number of fused-ring (bicyclic) bond motifs is 1. The van der Waals surface area contributed by atoms with Gasteiger partial charge < -0.3 is 4.90 Å². The predicted molar refractivity (Wildman–Crippen MR) is 91.9 cm³/mol. The quantitative estimate of drug-likeness (QED) is 0.897. The smallest absolute Gasteiger partial charge is 0.229 e. The summed E-state index contributed by atoms with van der Waals surface area (Å²) in [6.07, 6.45) is 3.37. The third-order valence-corrected chi connectivity index (χ3v) is 4.57. The lowest BCUT2D eigenvalue weighted by Crippen LogP contribution is -2.37. The second-order valence-corrected chi connectivity index (χ2v) is 7.82. The summed E-state index contributed by atoms with van der Waals surface area (Å²) in [6, 6.07) is 7.57. The number of anilines is 1. The molecule has 1 aliphatic rings. The summed E-state index contributed by atoms with van der Waals surface area (Å²) in [5, 5.41) is 0. The molecule has 0 radical (unpaired) electrons. The fourth-order valence-electron chi connectivity index (χ4n) is 2.80. The van der Waals surface area contributed by atoms with Gasteiger partial charge in [0.05, 0.1) is 24.6 Å². The zero-order valence-corrected chi connectivity index (χ0v) is 14.5. The molecule has 0 aliphatic carbocycles. The van der Waals surface area contributed by atoms with E-state index in [2.05, 4.69) is 9.71 Å². The second kappa shape index (κ2) is 6.79. The Labute approximate surface area is 145 Å². The van der Waals surface area contributed by atoms with Gasteiger partial charge in [-0.3, -0.25) is 14.5 Å². The Morgan fingerprint density at radius 3 is 2.72 bits per heavy atom. The Morgan fingerprint density at radius 2 is 2.04 bits per heavy atom. The average molecular weight is 363 g/mol. The van der Waals surface area contributed by atoms with Gasteiger partial charge in [0.15, 0.2) is 0 Å². The number of carbonyl (C=O) groups excluding carboxylic acids is 1. The van der Waals surface area contributed by atoms with Crippen LogP contribution in [0.3, 0.4) is 0 Å². The van der Waals surface area contributed by atoms with Crippen molar-refractivity contribution in [1.29, 1.82) is 0 Å². The number of sulfonamides is 1. The number of carbonyl (C=O) groups is 1. The fourth-order valence-corrected chi connectivity index (χ4v) is 3.34. The highest BCUT2D eigenvalue weighted by atomic mass is 32.2. The molecule has 8 heteroatoms. The third-order valence-electron chi connectivity index (χ3n) is 3.96. The zero-order valence-electron chi connectivity index (χ0n) is 13.7. The standard InChI is InChI=1S/C17H18FN3O3S/c1-25(23,24)20-15-9-13-11-21(7-6-16(13)19-10-15)17(22)8-12-2-4-14(18)5-3-12/h2-5,9-10,20H,6-8,11H2,1H3. The maximum Gasteiger partial charge on any atom is 0.229 e. The number of hydrogen-bond acceptors (Lipinski definition) is 4. The van der Waals surface area contributed by atoms with Crippen LogP contribution in [0.25, 0.3) is 0 Å². The molecule has 2 heterocycles. The zero-order chi connectivity index (χ0) is 18.0. The van der Waals surface area contributed by atoms with Gasteiger partial charge in [0, 0.05) is 25.2 Å². The van der Waals surface area contributed by atoms with E-state index in [0.29, 0.717) is 25.2 Å². The average Bonchev–Trinajstić information content (AvgIpc) is 2.55. The van der Waals surface area contributed by atoms with E-state index in [1.807, 2.05) is 0 Å². The van der Waals surface area contributed by atoms with E-state index in [0.717, 1.165) is 23.1 Å². The predicted octanol–water partition coefficient (Wildman–Crippen LogP) is 1.72. The molecule has 0 unspecified atom stereocenters. The summed E-state index contributed by atoms with van der Waals surface area (Å²) >= 11 is 0. The number of nitrogens with zero attached hydrogens (tertiary/aromatic N) is 2. The van der Waals surface area contributed by atoms with Gasteiger partial charge >= 0.3 is 0 Å². The first kappa shape index (κ1) is 17.3. The summed E-state index contributed by atoms with van der Waals surface area (Å²) in [5.41, 5.74) is 2.83. The van der Waals surface area contributed by atoms with Gasteiger partial charge in [0.1, 0.15) is 5.82 Å². The van der Waals surface area contributed by atoms with Gasteiger partial charge in [-0.15, -0.1) is 0 Å². The second-order valence-electron chi connectivity index (χ2n) is 6.07. The van der Waals surface area contributed by atoms with Crippen molar-refractivity contribution in [3.8, 4) is 0 Å². The van der Waals surface area contributed by atoms with E-state index in [9.17, 15) is 17.6 Å². The SMILES string of the molecule is CS(=O)(=O)Nc1cnc2c(c1)CN(C(=O)Cc1ccc(F)cc1)CC2. The molecule has 0 bridgehead atoms. The largest absolute Gasteiger partial charge is 0.338 e. The molecular formula is C17H18FN3O3S. The third kappa shape index (κ3) is 4.54. The van der Waals surface area contributed by atoms with Crippen molar-refractivity contribution in [2.24, 2.45) is 0 Å². The van der Waals surface area contributed by atoms with Crippen LogP contribution < -0.4 is 4.72 Å². The molecule has 1 amide bonds. The molecule has 1 aliphatic heterocycles. The Hall–Kier alpha value is -2.48. The number of hydrogen-bond donors (Lipinski definition) is 1. The molecule has 0 atom stereocenters. The highest BCUT2D eigenvalue weighted by molar-refractivity contribution is 7.92. The maximum absolute atomic E-state index is 12.9. The van der Waals surface area contributed by atoms with Gasteiger partial charge in [-0.1, -0.05) is 12.1 Å². The molecule has 2 aromatic rings. The molecule has 1 N–H and O–H groups in total. The molecule has 132 valence electrons.